The molecule has 208 valence electrons. The predicted molar refractivity (Wildman–Crippen MR) is 154 cm³/mol. The SMILES string of the molecule is Cc1ccc(N(CCCC(=O)N(Cc2ccc(Cl)c(Cl)c2)[C@H](C)C(=O)NC2CCCCC2)S(C)(=O)=O)cc1. The molecule has 2 amide bonds. The highest BCUT2D eigenvalue weighted by Crippen LogP contribution is 2.25. The van der Waals surface area contributed by atoms with Gasteiger partial charge in [0, 0.05) is 25.6 Å². The van der Waals surface area contributed by atoms with E-state index in [9.17, 15) is 18.0 Å². The molecule has 1 saturated carbocycles. The molecule has 0 bridgehead atoms. The van der Waals surface area contributed by atoms with Crippen molar-refractivity contribution < 1.29 is 18.0 Å². The van der Waals surface area contributed by atoms with Crippen molar-refractivity contribution in [1.82, 2.24) is 10.2 Å². The third-order valence-corrected chi connectivity index (χ3v) is 8.86. The molecule has 2 aromatic carbocycles. The summed E-state index contributed by atoms with van der Waals surface area (Å²) in [6.45, 7) is 3.99. The minimum absolute atomic E-state index is 0.0836. The van der Waals surface area contributed by atoms with Crippen LogP contribution in [0.3, 0.4) is 0 Å². The van der Waals surface area contributed by atoms with Gasteiger partial charge in [-0.05, 0) is 62.9 Å². The van der Waals surface area contributed by atoms with Crippen molar-refractivity contribution in [2.24, 2.45) is 0 Å². The molecular formula is C28H37Cl2N3O4S. The van der Waals surface area contributed by atoms with Gasteiger partial charge in [0.25, 0.3) is 0 Å². The van der Waals surface area contributed by atoms with Crippen LogP contribution in [0.25, 0.3) is 0 Å². The van der Waals surface area contributed by atoms with Gasteiger partial charge in [-0.3, -0.25) is 13.9 Å². The van der Waals surface area contributed by atoms with Gasteiger partial charge in [-0.2, -0.15) is 0 Å². The summed E-state index contributed by atoms with van der Waals surface area (Å²) in [4.78, 5) is 28.2. The van der Waals surface area contributed by atoms with Crippen molar-refractivity contribution in [3.63, 3.8) is 0 Å². The number of hydrogen-bond acceptors (Lipinski definition) is 4. The molecule has 1 aliphatic carbocycles. The molecule has 38 heavy (non-hydrogen) atoms. The lowest BCUT2D eigenvalue weighted by Crippen LogP contribution is -2.50. The first kappa shape index (κ1) is 30.3. The molecule has 0 heterocycles. The van der Waals surface area contributed by atoms with Gasteiger partial charge in [-0.15, -0.1) is 0 Å². The minimum Gasteiger partial charge on any atom is -0.352 e. The van der Waals surface area contributed by atoms with Crippen molar-refractivity contribution in [3.05, 3.63) is 63.6 Å². The molecule has 1 atom stereocenters. The van der Waals surface area contributed by atoms with Gasteiger partial charge in [0.2, 0.25) is 21.8 Å². The van der Waals surface area contributed by atoms with Crippen LogP contribution >= 0.6 is 23.2 Å². The topological polar surface area (TPSA) is 86.8 Å². The van der Waals surface area contributed by atoms with E-state index >= 15 is 0 Å². The Morgan fingerprint density at radius 2 is 1.68 bits per heavy atom. The molecule has 0 aliphatic heterocycles. The average molecular weight is 583 g/mol. The van der Waals surface area contributed by atoms with Gasteiger partial charge < -0.3 is 10.2 Å². The van der Waals surface area contributed by atoms with Crippen LogP contribution in [0.15, 0.2) is 42.5 Å². The highest BCUT2D eigenvalue weighted by atomic mass is 35.5. The molecule has 1 N–H and O–H groups in total. The Bertz CT molecular complexity index is 1220. The predicted octanol–water partition coefficient (Wildman–Crippen LogP) is 5.71. The van der Waals surface area contributed by atoms with Gasteiger partial charge in [0.15, 0.2) is 0 Å². The van der Waals surface area contributed by atoms with E-state index in [0.29, 0.717) is 22.2 Å². The molecule has 7 nitrogen and oxygen atoms in total. The third-order valence-electron chi connectivity index (χ3n) is 6.93. The fraction of sp³-hybridized carbons (Fsp3) is 0.500. The first-order chi connectivity index (χ1) is 18.0. The van der Waals surface area contributed by atoms with Gasteiger partial charge in [0.05, 0.1) is 22.0 Å². The van der Waals surface area contributed by atoms with Crippen LogP contribution in [0, 0.1) is 6.92 Å². The van der Waals surface area contributed by atoms with Crippen LogP contribution in [0.1, 0.15) is 63.0 Å². The van der Waals surface area contributed by atoms with E-state index < -0.39 is 16.1 Å². The molecule has 2 aromatic rings. The van der Waals surface area contributed by atoms with Gasteiger partial charge >= 0.3 is 0 Å². The Morgan fingerprint density at radius 3 is 2.29 bits per heavy atom. The molecule has 0 aromatic heterocycles. The van der Waals surface area contributed by atoms with E-state index in [1.165, 1.54) is 15.6 Å². The lowest BCUT2D eigenvalue weighted by molar-refractivity contribution is -0.141. The first-order valence-electron chi connectivity index (χ1n) is 13.0. The lowest BCUT2D eigenvalue weighted by atomic mass is 9.95. The normalized spacial score (nSPS) is 15.1. The molecule has 1 aliphatic rings. The number of carbonyl (C=O) groups is 2. The summed E-state index contributed by atoms with van der Waals surface area (Å²) in [5, 5.41) is 3.90. The van der Waals surface area contributed by atoms with Gasteiger partial charge in [0.1, 0.15) is 6.04 Å². The zero-order valence-corrected chi connectivity index (χ0v) is 24.6. The van der Waals surface area contributed by atoms with Crippen LogP contribution in [0.5, 0.6) is 0 Å². The molecule has 0 radical (unpaired) electrons. The van der Waals surface area contributed by atoms with Gasteiger partial charge in [-0.25, -0.2) is 8.42 Å². The molecular weight excluding hydrogens is 545 g/mol. The monoisotopic (exact) mass is 581 g/mol. The second-order valence-electron chi connectivity index (χ2n) is 10.1. The number of amides is 2. The Morgan fingerprint density at radius 1 is 1.03 bits per heavy atom. The fourth-order valence-corrected chi connectivity index (χ4v) is 5.99. The Kier molecular flexibility index (Phi) is 10.9. The maximum absolute atomic E-state index is 13.5. The number of nitrogens with zero attached hydrogens (tertiary/aromatic N) is 2. The van der Waals surface area contributed by atoms with E-state index in [2.05, 4.69) is 5.32 Å². The summed E-state index contributed by atoms with van der Waals surface area (Å²) in [5.41, 5.74) is 2.33. The Balaban J connectivity index is 1.73. The summed E-state index contributed by atoms with van der Waals surface area (Å²) in [5.74, 6) is -0.428. The third kappa shape index (κ3) is 8.61. The summed E-state index contributed by atoms with van der Waals surface area (Å²) >= 11 is 12.3. The maximum atomic E-state index is 13.5. The number of anilines is 1. The van der Waals surface area contributed by atoms with Crippen LogP contribution in [-0.4, -0.2) is 50.0 Å². The number of halogens is 2. The van der Waals surface area contributed by atoms with Crippen molar-refractivity contribution >= 4 is 50.7 Å². The minimum atomic E-state index is -3.54. The molecule has 0 unspecified atom stereocenters. The number of carbonyl (C=O) groups excluding carboxylic acids is 2. The number of rotatable bonds is 11. The van der Waals surface area contributed by atoms with Gasteiger partial charge in [-0.1, -0.05) is 66.2 Å². The van der Waals surface area contributed by atoms with E-state index in [4.69, 9.17) is 23.2 Å². The van der Waals surface area contributed by atoms with Crippen molar-refractivity contribution in [3.8, 4) is 0 Å². The molecule has 1 fully saturated rings. The van der Waals surface area contributed by atoms with Crippen LogP contribution in [-0.2, 0) is 26.2 Å². The zero-order valence-electron chi connectivity index (χ0n) is 22.3. The second kappa shape index (κ2) is 13.7. The average Bonchev–Trinajstić information content (AvgIpc) is 2.87. The molecule has 10 heteroatoms. The van der Waals surface area contributed by atoms with E-state index in [1.807, 2.05) is 19.1 Å². The fourth-order valence-electron chi connectivity index (χ4n) is 4.70. The summed E-state index contributed by atoms with van der Waals surface area (Å²) in [6, 6.07) is 11.8. The van der Waals surface area contributed by atoms with Crippen LogP contribution in [0.2, 0.25) is 10.0 Å². The van der Waals surface area contributed by atoms with Crippen molar-refractivity contribution in [2.75, 3.05) is 17.1 Å². The lowest BCUT2D eigenvalue weighted by Gasteiger charge is -2.31. The summed E-state index contributed by atoms with van der Waals surface area (Å²) < 4.78 is 26.2. The number of nitrogens with one attached hydrogen (secondary N) is 1. The molecule has 0 saturated heterocycles. The summed E-state index contributed by atoms with van der Waals surface area (Å²) in [6.07, 6.45) is 6.78. The summed E-state index contributed by atoms with van der Waals surface area (Å²) in [7, 11) is -3.54. The second-order valence-corrected chi connectivity index (χ2v) is 12.8. The number of sulfonamides is 1. The van der Waals surface area contributed by atoms with Crippen LogP contribution in [0.4, 0.5) is 5.69 Å². The zero-order chi connectivity index (χ0) is 27.9. The number of hydrogen-bond donors (Lipinski definition) is 1. The van der Waals surface area contributed by atoms with E-state index in [-0.39, 0.29) is 37.4 Å². The highest BCUT2D eigenvalue weighted by Gasteiger charge is 2.28. The molecule has 3 rings (SSSR count). The molecule has 0 spiro atoms. The number of aryl methyl sites for hydroxylation is 1. The maximum Gasteiger partial charge on any atom is 0.242 e. The highest BCUT2D eigenvalue weighted by molar-refractivity contribution is 7.92. The smallest absolute Gasteiger partial charge is 0.242 e. The van der Waals surface area contributed by atoms with E-state index in [0.717, 1.165) is 43.1 Å². The van der Waals surface area contributed by atoms with Crippen molar-refractivity contribution in [2.45, 2.75) is 77.4 Å². The van der Waals surface area contributed by atoms with Crippen LogP contribution < -0.4 is 9.62 Å². The largest absolute Gasteiger partial charge is 0.352 e. The van der Waals surface area contributed by atoms with E-state index in [1.54, 1.807) is 37.3 Å². The Labute approximate surface area is 236 Å². The standard InChI is InChI=1S/C28H37Cl2N3O4S/c1-20-11-14-24(15-12-20)33(38(3,36)37)17-7-10-27(34)32(19-22-13-16-25(29)26(30)18-22)21(2)28(35)31-23-8-5-4-6-9-23/h11-16,18,21,23H,4-10,17,19H2,1-3H3,(H,31,35)/t21-/m1/s1. The first-order valence-corrected chi connectivity index (χ1v) is 15.6. The number of benzene rings is 2. The van der Waals surface area contributed by atoms with Crippen molar-refractivity contribution in [1.29, 1.82) is 0 Å². The Hall–Kier alpha value is -2.29. The quantitative estimate of drug-likeness (QED) is 0.368.